The monoisotopic (exact) mass is 540 g/mol. The van der Waals surface area contributed by atoms with Gasteiger partial charge >= 0.3 is 6.09 Å². The molecule has 2 aliphatic carbocycles. The Hall–Kier alpha value is -2.23. The summed E-state index contributed by atoms with van der Waals surface area (Å²) in [5.74, 6) is 1.01. The number of hydrogen-bond donors (Lipinski definition) is 3. The van der Waals surface area contributed by atoms with E-state index in [1.165, 1.54) is 38.5 Å². The zero-order valence-electron chi connectivity index (χ0n) is 23.3. The van der Waals surface area contributed by atoms with Crippen LogP contribution in [0, 0.1) is 11.8 Å². The average molecular weight is 541 g/mol. The summed E-state index contributed by atoms with van der Waals surface area (Å²) in [6.07, 6.45) is 15.0. The third kappa shape index (κ3) is 15.6. The fourth-order valence-electron chi connectivity index (χ4n) is 3.78. The highest BCUT2D eigenvalue weighted by molar-refractivity contribution is 7.98. The van der Waals surface area contributed by atoms with Gasteiger partial charge in [0.15, 0.2) is 0 Å². The summed E-state index contributed by atoms with van der Waals surface area (Å²) in [5.41, 5.74) is 3.63. The van der Waals surface area contributed by atoms with Crippen molar-refractivity contribution in [2.75, 3.05) is 13.1 Å². The number of rotatable bonds is 10. The third-order valence-corrected chi connectivity index (χ3v) is 7.16. The van der Waals surface area contributed by atoms with Crippen molar-refractivity contribution in [2.45, 2.75) is 109 Å². The van der Waals surface area contributed by atoms with Gasteiger partial charge in [0.1, 0.15) is 12.1 Å². The summed E-state index contributed by atoms with van der Waals surface area (Å²) in [4.78, 5) is 45.2. The minimum atomic E-state index is -0.544. The van der Waals surface area contributed by atoms with Crippen LogP contribution in [0.5, 0.6) is 0 Å². The number of amides is 4. The van der Waals surface area contributed by atoms with Gasteiger partial charge in [-0.25, -0.2) is 4.79 Å². The smallest absolute Gasteiger partial charge is 0.408 e. The number of nitrogens with one attached hydrogen (secondary N) is 2. The van der Waals surface area contributed by atoms with Crippen molar-refractivity contribution in [3.05, 3.63) is 12.2 Å². The van der Waals surface area contributed by atoms with Crippen LogP contribution in [-0.4, -0.2) is 59.2 Å². The van der Waals surface area contributed by atoms with Crippen molar-refractivity contribution in [1.82, 2.24) is 14.9 Å². The molecule has 0 aromatic heterocycles. The molecule has 3 aliphatic rings. The molecule has 3 rings (SSSR count). The number of nitrogens with two attached hydrogens (primary N) is 1. The summed E-state index contributed by atoms with van der Waals surface area (Å²) >= 11 is 1.63. The van der Waals surface area contributed by atoms with E-state index in [4.69, 9.17) is 9.53 Å². The average Bonchev–Trinajstić information content (AvgIpc) is 3.74. The summed E-state index contributed by atoms with van der Waals surface area (Å²) in [6, 6.07) is 0.280. The van der Waals surface area contributed by atoms with Crippen molar-refractivity contribution in [3.8, 4) is 0 Å². The van der Waals surface area contributed by atoms with Gasteiger partial charge in [0, 0.05) is 23.8 Å². The fourth-order valence-corrected chi connectivity index (χ4v) is 4.59. The first-order valence-corrected chi connectivity index (χ1v) is 14.4. The van der Waals surface area contributed by atoms with Crippen LogP contribution < -0.4 is 15.8 Å². The van der Waals surface area contributed by atoms with Crippen LogP contribution in [0.3, 0.4) is 0 Å². The Bertz CT molecular complexity index is 752. The number of hydrogen-bond acceptors (Lipinski definition) is 6. The molecule has 0 aromatic carbocycles. The van der Waals surface area contributed by atoms with Crippen LogP contribution >= 0.6 is 11.9 Å². The lowest BCUT2D eigenvalue weighted by atomic mass is 10.2. The van der Waals surface area contributed by atoms with E-state index < -0.39 is 11.7 Å². The first-order valence-electron chi connectivity index (χ1n) is 13.6. The van der Waals surface area contributed by atoms with Gasteiger partial charge < -0.3 is 20.7 Å². The van der Waals surface area contributed by atoms with E-state index in [0.29, 0.717) is 11.2 Å². The zero-order chi connectivity index (χ0) is 27.8. The van der Waals surface area contributed by atoms with Crippen molar-refractivity contribution in [1.29, 1.82) is 0 Å². The van der Waals surface area contributed by atoms with Gasteiger partial charge in [-0.3, -0.25) is 19.1 Å². The number of ether oxygens (including phenoxy) is 1. The minimum absolute atomic E-state index is 0.0131. The van der Waals surface area contributed by atoms with Crippen LogP contribution in [-0.2, 0) is 19.1 Å². The largest absolute Gasteiger partial charge is 0.444 e. The van der Waals surface area contributed by atoms with E-state index in [9.17, 15) is 14.4 Å². The summed E-state index contributed by atoms with van der Waals surface area (Å²) < 4.78 is 8.05. The number of unbranched alkanes of at least 4 members (excludes halogenated alkanes) is 3. The lowest BCUT2D eigenvalue weighted by Crippen LogP contribution is -2.43. The van der Waals surface area contributed by atoms with Crippen molar-refractivity contribution >= 4 is 36.3 Å². The molecule has 1 aliphatic heterocycles. The Labute approximate surface area is 227 Å². The highest BCUT2D eigenvalue weighted by atomic mass is 32.2. The van der Waals surface area contributed by atoms with Gasteiger partial charge in [-0.05, 0) is 90.5 Å². The number of likely N-dealkylation sites (tertiary alicyclic amines) is 1. The molecule has 9 nitrogen and oxygen atoms in total. The van der Waals surface area contributed by atoms with Gasteiger partial charge in [-0.2, -0.15) is 0 Å². The predicted octanol–water partition coefficient (Wildman–Crippen LogP) is 4.31. The van der Waals surface area contributed by atoms with E-state index in [1.54, 1.807) is 37.6 Å². The Morgan fingerprint density at radius 1 is 1.16 bits per heavy atom. The summed E-state index contributed by atoms with van der Waals surface area (Å²) in [5, 5.41) is 3.19. The maximum atomic E-state index is 11.8. The molecule has 0 bridgehead atoms. The number of alkyl carbamates (subject to hydrolysis) is 1. The molecular formula is C27H48N4O5S. The Kier molecular flexibility index (Phi) is 15.3. The van der Waals surface area contributed by atoms with Crippen LogP contribution in [0.15, 0.2) is 12.2 Å². The Morgan fingerprint density at radius 3 is 2.38 bits per heavy atom. The van der Waals surface area contributed by atoms with Gasteiger partial charge in [-0.15, -0.1) is 0 Å². The number of carbonyl (C=O) groups is 4. The molecule has 3 fully saturated rings. The molecule has 37 heavy (non-hydrogen) atoms. The van der Waals surface area contributed by atoms with Crippen molar-refractivity contribution < 1.29 is 23.9 Å². The van der Waals surface area contributed by atoms with E-state index in [-0.39, 0.29) is 36.7 Å². The van der Waals surface area contributed by atoms with Crippen LogP contribution in [0.2, 0.25) is 0 Å². The van der Waals surface area contributed by atoms with E-state index >= 15 is 0 Å². The van der Waals surface area contributed by atoms with E-state index in [1.807, 2.05) is 6.92 Å². The quantitative estimate of drug-likeness (QED) is 0.164. The van der Waals surface area contributed by atoms with Crippen molar-refractivity contribution in [2.24, 2.45) is 17.6 Å². The standard InChI is InChI=1S/C14H23NOS.C12H22N2O3.CH3NO/c1-2-3-4-5-6-7-11-10-13(11)14(16)15-17-12-8-9-12;1-9-6-5-7-14(9)10(15)8-13-11(16)17-12(2,3)4;2-1-3/h6-7,11-13H,2-5,8-10H2,1H3,(H,15,16);9H,5-8H2,1-4H3,(H,13,16);1H,(H2,2,3)/b7-6-;;/t11?,13-;;/m0../s1. The Morgan fingerprint density at radius 2 is 1.84 bits per heavy atom. The summed E-state index contributed by atoms with van der Waals surface area (Å²) in [7, 11) is 0. The van der Waals surface area contributed by atoms with Crippen LogP contribution in [0.4, 0.5) is 4.79 Å². The second kappa shape index (κ2) is 17.3. The molecule has 1 heterocycles. The molecule has 10 heteroatoms. The SMILES string of the molecule is CC1CCCN1C(=O)CNC(=O)OC(C)(C)C.CCCCC/C=C\C1C[C@@H]1C(=O)NSC1CC1.NC=O. The van der Waals surface area contributed by atoms with E-state index in [2.05, 4.69) is 34.8 Å². The van der Waals surface area contributed by atoms with Gasteiger partial charge in [-0.1, -0.05) is 31.9 Å². The van der Waals surface area contributed by atoms with Gasteiger partial charge in [0.2, 0.25) is 18.2 Å². The van der Waals surface area contributed by atoms with E-state index in [0.717, 1.165) is 25.8 Å². The molecule has 0 radical (unpaired) electrons. The number of primary amides is 1. The van der Waals surface area contributed by atoms with Gasteiger partial charge in [0.05, 0.1) is 0 Å². The fraction of sp³-hybridized carbons (Fsp3) is 0.778. The second-order valence-corrected chi connectivity index (χ2v) is 11.9. The molecule has 2 unspecified atom stereocenters. The van der Waals surface area contributed by atoms with Crippen molar-refractivity contribution in [3.63, 3.8) is 0 Å². The number of nitrogens with zero attached hydrogens (tertiary/aromatic N) is 1. The normalized spacial score (nSPS) is 22.2. The lowest BCUT2D eigenvalue weighted by Gasteiger charge is -2.23. The second-order valence-electron chi connectivity index (χ2n) is 10.8. The first-order chi connectivity index (χ1) is 17.5. The Balaban J connectivity index is 0.000000335. The third-order valence-electron chi connectivity index (χ3n) is 6.04. The first kappa shape index (κ1) is 32.8. The minimum Gasteiger partial charge on any atom is -0.444 e. The molecule has 1 saturated heterocycles. The molecule has 0 spiro atoms. The molecule has 0 aromatic rings. The molecule has 3 atom stereocenters. The number of carbonyl (C=O) groups excluding carboxylic acids is 4. The molecule has 2 saturated carbocycles. The maximum Gasteiger partial charge on any atom is 0.408 e. The highest BCUT2D eigenvalue weighted by Gasteiger charge is 2.41. The maximum absolute atomic E-state index is 11.8. The van der Waals surface area contributed by atoms with Gasteiger partial charge in [0.25, 0.3) is 0 Å². The molecular weight excluding hydrogens is 492 g/mol. The zero-order valence-corrected chi connectivity index (χ0v) is 24.1. The van der Waals surface area contributed by atoms with Crippen LogP contribution in [0.1, 0.15) is 92.4 Å². The number of allylic oxidation sites excluding steroid dienone is 2. The van der Waals surface area contributed by atoms with Crippen LogP contribution in [0.25, 0.3) is 0 Å². The predicted molar refractivity (Wildman–Crippen MR) is 149 cm³/mol. The highest BCUT2D eigenvalue weighted by Crippen LogP contribution is 2.41. The molecule has 4 amide bonds. The molecule has 4 N–H and O–H groups in total. The topological polar surface area (TPSA) is 131 Å². The summed E-state index contributed by atoms with van der Waals surface area (Å²) in [6.45, 7) is 10.4. The molecule has 212 valence electrons. The lowest BCUT2D eigenvalue weighted by molar-refractivity contribution is -0.130.